The first-order valence-corrected chi connectivity index (χ1v) is 9.44. The number of hydrogen-bond donors (Lipinski definition) is 1. The van der Waals surface area contributed by atoms with Gasteiger partial charge in [0.2, 0.25) is 0 Å². The molecule has 0 saturated carbocycles. The number of hydrogen-bond acceptors (Lipinski definition) is 4. The van der Waals surface area contributed by atoms with Crippen LogP contribution in [0.5, 0.6) is 5.75 Å². The number of benzene rings is 1. The third-order valence-corrected chi connectivity index (χ3v) is 4.85. The highest BCUT2D eigenvalue weighted by atomic mass is 32.1. The fourth-order valence-electron chi connectivity index (χ4n) is 2.78. The quantitative estimate of drug-likeness (QED) is 0.686. The van der Waals surface area contributed by atoms with Crippen LogP contribution in [0.4, 0.5) is 0 Å². The largest absolute Gasteiger partial charge is 0.489 e. The van der Waals surface area contributed by atoms with E-state index in [1.165, 1.54) is 22.5 Å². The average molecular weight is 369 g/mol. The molecule has 0 aliphatic rings. The summed E-state index contributed by atoms with van der Waals surface area (Å²) in [6.07, 6.45) is 3.62. The summed E-state index contributed by atoms with van der Waals surface area (Å²) in [5.74, 6) is 0.792. The fourth-order valence-corrected chi connectivity index (χ4v) is 3.58. The Kier molecular flexibility index (Phi) is 5.73. The van der Waals surface area contributed by atoms with Gasteiger partial charge in [0.1, 0.15) is 12.4 Å². The van der Waals surface area contributed by atoms with E-state index < -0.39 is 0 Å². The molecule has 0 aliphatic carbocycles. The first kappa shape index (κ1) is 18.2. The van der Waals surface area contributed by atoms with Crippen molar-refractivity contribution in [2.75, 3.05) is 0 Å². The minimum atomic E-state index is -0.0627. The summed E-state index contributed by atoms with van der Waals surface area (Å²) in [5, 5.41) is 9.13. The van der Waals surface area contributed by atoms with Crippen molar-refractivity contribution >= 4 is 17.2 Å². The molecule has 0 saturated heterocycles. The van der Waals surface area contributed by atoms with Gasteiger partial charge < -0.3 is 10.1 Å². The van der Waals surface area contributed by atoms with Gasteiger partial charge in [-0.05, 0) is 61.5 Å². The molecule has 3 aromatic rings. The Hall–Kier alpha value is -2.60. The number of aryl methyl sites for hydroxylation is 2. The van der Waals surface area contributed by atoms with Crippen molar-refractivity contribution in [1.29, 1.82) is 0 Å². The van der Waals surface area contributed by atoms with Crippen molar-refractivity contribution in [3.63, 3.8) is 0 Å². The van der Waals surface area contributed by atoms with E-state index in [1.54, 1.807) is 6.20 Å². The maximum absolute atomic E-state index is 12.4. The van der Waals surface area contributed by atoms with Crippen LogP contribution < -0.4 is 10.1 Å². The SMILES string of the molecule is Cc1cc(C)cc(OCc2csc(C(=O)NC(C)Cn3cccn3)c2)c1. The Bertz CT molecular complexity index is 851. The van der Waals surface area contributed by atoms with Crippen LogP contribution in [0.1, 0.15) is 33.3 Å². The number of thiophene rings is 1. The zero-order chi connectivity index (χ0) is 18.5. The lowest BCUT2D eigenvalue weighted by molar-refractivity contribution is 0.0940. The van der Waals surface area contributed by atoms with Crippen LogP contribution in [0.3, 0.4) is 0 Å². The molecule has 1 unspecified atom stereocenters. The number of nitrogens with zero attached hydrogens (tertiary/aromatic N) is 2. The molecule has 1 amide bonds. The predicted molar refractivity (Wildman–Crippen MR) is 104 cm³/mol. The van der Waals surface area contributed by atoms with Gasteiger partial charge >= 0.3 is 0 Å². The Morgan fingerprint density at radius 1 is 1.27 bits per heavy atom. The summed E-state index contributed by atoms with van der Waals surface area (Å²) in [7, 11) is 0. The minimum absolute atomic E-state index is 0.000492. The number of rotatable bonds is 7. The van der Waals surface area contributed by atoms with Crippen LogP contribution in [0.25, 0.3) is 0 Å². The molecule has 1 atom stereocenters. The molecule has 0 aliphatic heterocycles. The van der Waals surface area contributed by atoms with Crippen molar-refractivity contribution in [3.8, 4) is 5.75 Å². The molecule has 0 radical (unpaired) electrons. The van der Waals surface area contributed by atoms with Crippen LogP contribution in [-0.2, 0) is 13.2 Å². The van der Waals surface area contributed by atoms with Gasteiger partial charge in [-0.15, -0.1) is 11.3 Å². The molecule has 136 valence electrons. The van der Waals surface area contributed by atoms with Gasteiger partial charge in [0.05, 0.1) is 11.4 Å². The van der Waals surface area contributed by atoms with Crippen molar-refractivity contribution in [2.45, 2.75) is 40.0 Å². The van der Waals surface area contributed by atoms with Gasteiger partial charge in [-0.2, -0.15) is 5.10 Å². The molecule has 1 N–H and O–H groups in total. The van der Waals surface area contributed by atoms with Crippen LogP contribution in [0, 0.1) is 13.8 Å². The number of ether oxygens (including phenoxy) is 1. The smallest absolute Gasteiger partial charge is 0.261 e. The van der Waals surface area contributed by atoms with Gasteiger partial charge in [0.15, 0.2) is 0 Å². The normalized spacial score (nSPS) is 12.0. The second-order valence-electron chi connectivity index (χ2n) is 6.53. The second kappa shape index (κ2) is 8.19. The highest BCUT2D eigenvalue weighted by Gasteiger charge is 2.13. The van der Waals surface area contributed by atoms with Crippen molar-refractivity contribution in [3.05, 3.63) is 69.7 Å². The summed E-state index contributed by atoms with van der Waals surface area (Å²) >= 11 is 1.43. The van der Waals surface area contributed by atoms with Gasteiger partial charge in [-0.25, -0.2) is 0 Å². The first-order chi connectivity index (χ1) is 12.5. The molecule has 26 heavy (non-hydrogen) atoms. The Labute approximate surface area is 157 Å². The lowest BCUT2D eigenvalue weighted by Crippen LogP contribution is -2.35. The second-order valence-corrected chi connectivity index (χ2v) is 7.45. The summed E-state index contributed by atoms with van der Waals surface area (Å²) < 4.78 is 7.67. The van der Waals surface area contributed by atoms with E-state index in [9.17, 15) is 4.79 Å². The molecule has 3 rings (SSSR count). The van der Waals surface area contributed by atoms with E-state index in [1.807, 2.05) is 47.4 Å². The van der Waals surface area contributed by atoms with Crippen molar-refractivity contribution in [2.24, 2.45) is 0 Å². The molecule has 6 heteroatoms. The number of nitrogens with one attached hydrogen (secondary N) is 1. The van der Waals surface area contributed by atoms with E-state index in [-0.39, 0.29) is 11.9 Å². The highest BCUT2D eigenvalue weighted by molar-refractivity contribution is 7.12. The average Bonchev–Trinajstić information content (AvgIpc) is 3.23. The summed E-state index contributed by atoms with van der Waals surface area (Å²) in [6.45, 7) is 7.17. The molecular weight excluding hydrogens is 346 g/mol. The number of carbonyl (C=O) groups is 1. The van der Waals surface area contributed by atoms with Crippen LogP contribution in [-0.4, -0.2) is 21.7 Å². The highest BCUT2D eigenvalue weighted by Crippen LogP contribution is 2.20. The summed E-state index contributed by atoms with van der Waals surface area (Å²) in [6, 6.07) is 9.91. The Morgan fingerprint density at radius 3 is 2.73 bits per heavy atom. The zero-order valence-corrected chi connectivity index (χ0v) is 16.0. The van der Waals surface area contributed by atoms with E-state index in [2.05, 4.69) is 30.3 Å². The van der Waals surface area contributed by atoms with E-state index in [0.29, 0.717) is 18.0 Å². The van der Waals surface area contributed by atoms with E-state index in [4.69, 9.17) is 4.74 Å². The molecule has 2 heterocycles. The van der Waals surface area contributed by atoms with E-state index in [0.717, 1.165) is 11.3 Å². The molecule has 0 fully saturated rings. The van der Waals surface area contributed by atoms with E-state index >= 15 is 0 Å². The molecule has 0 bridgehead atoms. The molecule has 1 aromatic carbocycles. The summed E-state index contributed by atoms with van der Waals surface area (Å²) in [5.41, 5.74) is 3.35. The molecule has 0 spiro atoms. The fraction of sp³-hybridized carbons (Fsp3) is 0.300. The van der Waals surface area contributed by atoms with Gasteiger partial charge in [-0.3, -0.25) is 9.48 Å². The Balaban J connectivity index is 1.54. The summed E-state index contributed by atoms with van der Waals surface area (Å²) in [4.78, 5) is 13.1. The predicted octanol–water partition coefficient (Wildman–Crippen LogP) is 3.96. The lowest BCUT2D eigenvalue weighted by atomic mass is 10.1. The molecular formula is C20H23N3O2S. The number of amides is 1. The topological polar surface area (TPSA) is 56.1 Å². The number of aromatic nitrogens is 2. The first-order valence-electron chi connectivity index (χ1n) is 8.56. The minimum Gasteiger partial charge on any atom is -0.489 e. The van der Waals surface area contributed by atoms with Crippen molar-refractivity contribution in [1.82, 2.24) is 15.1 Å². The van der Waals surface area contributed by atoms with Crippen LogP contribution in [0.15, 0.2) is 48.1 Å². The van der Waals surface area contributed by atoms with Gasteiger partial charge in [0.25, 0.3) is 5.91 Å². The molecule has 5 nitrogen and oxygen atoms in total. The monoisotopic (exact) mass is 369 g/mol. The zero-order valence-electron chi connectivity index (χ0n) is 15.2. The standard InChI is InChI=1S/C20H23N3O2S/c1-14-7-15(2)9-18(8-14)25-12-17-10-19(26-13-17)20(24)22-16(3)11-23-6-4-5-21-23/h4-10,13,16H,11-12H2,1-3H3,(H,22,24). The number of carbonyl (C=O) groups excluding carboxylic acids is 1. The van der Waals surface area contributed by atoms with Gasteiger partial charge in [0, 0.05) is 24.0 Å². The lowest BCUT2D eigenvalue weighted by Gasteiger charge is -2.13. The van der Waals surface area contributed by atoms with Gasteiger partial charge in [-0.1, -0.05) is 6.07 Å². The maximum atomic E-state index is 12.4. The Morgan fingerprint density at radius 2 is 2.04 bits per heavy atom. The third-order valence-electron chi connectivity index (χ3n) is 3.88. The van der Waals surface area contributed by atoms with Crippen LogP contribution >= 0.6 is 11.3 Å². The van der Waals surface area contributed by atoms with Crippen LogP contribution in [0.2, 0.25) is 0 Å². The maximum Gasteiger partial charge on any atom is 0.261 e. The van der Waals surface area contributed by atoms with Crippen molar-refractivity contribution < 1.29 is 9.53 Å². The third kappa shape index (κ3) is 4.95. The molecule has 2 aromatic heterocycles.